The fourth-order valence-electron chi connectivity index (χ4n) is 2.16. The molecule has 2 rings (SSSR count). The molecule has 2 atom stereocenters. The van der Waals surface area contributed by atoms with Gasteiger partial charge in [0.1, 0.15) is 6.54 Å². The first-order valence-corrected chi connectivity index (χ1v) is 5.66. The van der Waals surface area contributed by atoms with Gasteiger partial charge in [-0.15, -0.1) is 24.8 Å². The first kappa shape index (κ1) is 17.2. The lowest BCUT2D eigenvalue weighted by Crippen LogP contribution is -2.56. The van der Waals surface area contributed by atoms with Crippen LogP contribution in [0.1, 0.15) is 13.8 Å². The summed E-state index contributed by atoms with van der Waals surface area (Å²) in [4.78, 5) is 13.9. The predicted octanol–water partition coefficient (Wildman–Crippen LogP) is 0.935. The highest BCUT2D eigenvalue weighted by Crippen LogP contribution is 2.05. The van der Waals surface area contributed by atoms with Crippen molar-refractivity contribution in [3.05, 3.63) is 18.5 Å². The van der Waals surface area contributed by atoms with Gasteiger partial charge in [0.05, 0.1) is 0 Å². The van der Waals surface area contributed by atoms with Crippen molar-refractivity contribution in [2.24, 2.45) is 0 Å². The van der Waals surface area contributed by atoms with Gasteiger partial charge in [0, 0.05) is 37.6 Å². The van der Waals surface area contributed by atoms with Gasteiger partial charge in [0.2, 0.25) is 5.91 Å². The van der Waals surface area contributed by atoms with Crippen LogP contribution in [0.25, 0.3) is 0 Å². The molecule has 7 heteroatoms. The fraction of sp³-hybridized carbons (Fsp3) is 0.636. The highest BCUT2D eigenvalue weighted by Gasteiger charge is 2.24. The van der Waals surface area contributed by atoms with Crippen LogP contribution >= 0.6 is 24.8 Å². The zero-order valence-electron chi connectivity index (χ0n) is 10.6. The molecule has 0 radical (unpaired) electrons. The second-order valence-electron chi connectivity index (χ2n) is 4.47. The quantitative estimate of drug-likeness (QED) is 0.883. The van der Waals surface area contributed by atoms with Crippen LogP contribution in [-0.2, 0) is 11.3 Å². The molecule has 1 aliphatic heterocycles. The summed E-state index contributed by atoms with van der Waals surface area (Å²) in [6.07, 6.45) is 3.50. The molecule has 104 valence electrons. The molecule has 2 heterocycles. The maximum atomic E-state index is 12.0. The first-order chi connectivity index (χ1) is 7.65. The SMILES string of the molecule is CC1CN(C(=O)Cn2cccn2)CC(C)N1.Cl.Cl. The van der Waals surface area contributed by atoms with Crippen molar-refractivity contribution < 1.29 is 4.79 Å². The van der Waals surface area contributed by atoms with E-state index in [4.69, 9.17) is 0 Å². The molecule has 5 nitrogen and oxygen atoms in total. The Hall–Kier alpha value is -0.780. The minimum atomic E-state index is 0. The Morgan fingerprint density at radius 1 is 1.33 bits per heavy atom. The van der Waals surface area contributed by atoms with Crippen LogP contribution in [0.3, 0.4) is 0 Å². The van der Waals surface area contributed by atoms with Gasteiger partial charge in [-0.05, 0) is 19.9 Å². The lowest BCUT2D eigenvalue weighted by Gasteiger charge is -2.36. The summed E-state index contributed by atoms with van der Waals surface area (Å²) < 4.78 is 1.67. The molecule has 18 heavy (non-hydrogen) atoms. The number of piperazine rings is 1. The zero-order valence-corrected chi connectivity index (χ0v) is 12.2. The van der Waals surface area contributed by atoms with Gasteiger partial charge in [0.25, 0.3) is 0 Å². The number of carbonyl (C=O) groups excluding carboxylic acids is 1. The molecule has 1 saturated heterocycles. The zero-order chi connectivity index (χ0) is 11.5. The minimum absolute atomic E-state index is 0. The summed E-state index contributed by atoms with van der Waals surface area (Å²) in [5, 5.41) is 7.45. The third-order valence-electron chi connectivity index (χ3n) is 2.77. The number of hydrogen-bond donors (Lipinski definition) is 1. The fourth-order valence-corrected chi connectivity index (χ4v) is 2.16. The highest BCUT2D eigenvalue weighted by molar-refractivity contribution is 5.85. The number of nitrogens with zero attached hydrogens (tertiary/aromatic N) is 3. The third kappa shape index (κ3) is 4.48. The van der Waals surface area contributed by atoms with Gasteiger partial charge in [0.15, 0.2) is 0 Å². The van der Waals surface area contributed by atoms with E-state index in [1.54, 1.807) is 10.9 Å². The molecule has 1 amide bonds. The van der Waals surface area contributed by atoms with E-state index in [1.165, 1.54) is 0 Å². The summed E-state index contributed by atoms with van der Waals surface area (Å²) in [5.41, 5.74) is 0. The topological polar surface area (TPSA) is 50.2 Å². The summed E-state index contributed by atoms with van der Waals surface area (Å²) in [6.45, 7) is 6.11. The Morgan fingerprint density at radius 3 is 2.44 bits per heavy atom. The maximum Gasteiger partial charge on any atom is 0.244 e. The minimum Gasteiger partial charge on any atom is -0.338 e. The van der Waals surface area contributed by atoms with E-state index < -0.39 is 0 Å². The van der Waals surface area contributed by atoms with Gasteiger partial charge < -0.3 is 10.2 Å². The van der Waals surface area contributed by atoms with Gasteiger partial charge in [-0.25, -0.2) is 0 Å². The average Bonchev–Trinajstić information content (AvgIpc) is 2.68. The molecule has 0 aliphatic carbocycles. The van der Waals surface area contributed by atoms with Crippen LogP contribution < -0.4 is 5.32 Å². The van der Waals surface area contributed by atoms with Crippen LogP contribution in [0.15, 0.2) is 18.5 Å². The number of halogens is 2. The van der Waals surface area contributed by atoms with Crippen LogP contribution in [0.5, 0.6) is 0 Å². The monoisotopic (exact) mass is 294 g/mol. The number of nitrogens with one attached hydrogen (secondary N) is 1. The number of hydrogen-bond acceptors (Lipinski definition) is 3. The van der Waals surface area contributed by atoms with E-state index in [-0.39, 0.29) is 30.7 Å². The van der Waals surface area contributed by atoms with Crippen molar-refractivity contribution in [3.63, 3.8) is 0 Å². The van der Waals surface area contributed by atoms with Crippen molar-refractivity contribution in [2.45, 2.75) is 32.5 Å². The number of carbonyl (C=O) groups is 1. The van der Waals surface area contributed by atoms with E-state index >= 15 is 0 Å². The van der Waals surface area contributed by atoms with E-state index in [2.05, 4.69) is 24.3 Å². The molecular weight excluding hydrogens is 275 g/mol. The van der Waals surface area contributed by atoms with Crippen molar-refractivity contribution in [1.82, 2.24) is 20.0 Å². The lowest BCUT2D eigenvalue weighted by atomic mass is 10.1. The average molecular weight is 295 g/mol. The molecular formula is C11H20Cl2N4O. The largest absolute Gasteiger partial charge is 0.338 e. The Balaban J connectivity index is 0.00000144. The molecule has 1 aliphatic rings. The first-order valence-electron chi connectivity index (χ1n) is 5.66. The Kier molecular flexibility index (Phi) is 7.28. The van der Waals surface area contributed by atoms with Crippen molar-refractivity contribution in [3.8, 4) is 0 Å². The molecule has 1 N–H and O–H groups in total. The second-order valence-corrected chi connectivity index (χ2v) is 4.47. The standard InChI is InChI=1S/C11H18N4O.2ClH/c1-9-6-14(7-10(2)13-9)11(16)8-15-5-3-4-12-15;;/h3-5,9-10,13H,6-8H2,1-2H3;2*1H. The normalized spacial score (nSPS) is 22.9. The summed E-state index contributed by atoms with van der Waals surface area (Å²) in [6, 6.07) is 2.56. The number of rotatable bonds is 2. The summed E-state index contributed by atoms with van der Waals surface area (Å²) in [7, 11) is 0. The molecule has 0 saturated carbocycles. The van der Waals surface area contributed by atoms with Crippen LogP contribution in [0, 0.1) is 0 Å². The molecule has 1 aromatic rings. The molecule has 0 bridgehead atoms. The van der Waals surface area contributed by atoms with E-state index in [0.717, 1.165) is 13.1 Å². The number of amides is 1. The maximum absolute atomic E-state index is 12.0. The summed E-state index contributed by atoms with van der Waals surface area (Å²) in [5.74, 6) is 0.143. The van der Waals surface area contributed by atoms with Gasteiger partial charge in [-0.3, -0.25) is 9.48 Å². The van der Waals surface area contributed by atoms with Gasteiger partial charge >= 0.3 is 0 Å². The molecule has 2 unspecified atom stereocenters. The van der Waals surface area contributed by atoms with E-state index in [9.17, 15) is 4.79 Å². The molecule has 0 spiro atoms. The Labute approximate surface area is 120 Å². The Bertz CT molecular complexity index is 348. The van der Waals surface area contributed by atoms with E-state index in [1.807, 2.05) is 17.2 Å². The van der Waals surface area contributed by atoms with Crippen LogP contribution in [0.2, 0.25) is 0 Å². The molecule has 1 aromatic heterocycles. The Morgan fingerprint density at radius 2 is 1.94 bits per heavy atom. The predicted molar refractivity (Wildman–Crippen MR) is 75.4 cm³/mol. The van der Waals surface area contributed by atoms with Crippen molar-refractivity contribution >= 4 is 30.7 Å². The van der Waals surface area contributed by atoms with E-state index in [0.29, 0.717) is 18.6 Å². The van der Waals surface area contributed by atoms with Crippen molar-refractivity contribution in [1.29, 1.82) is 0 Å². The number of aromatic nitrogens is 2. The smallest absolute Gasteiger partial charge is 0.244 e. The van der Waals surface area contributed by atoms with Gasteiger partial charge in [-0.2, -0.15) is 5.10 Å². The third-order valence-corrected chi connectivity index (χ3v) is 2.77. The lowest BCUT2D eigenvalue weighted by molar-refractivity contribution is -0.133. The van der Waals surface area contributed by atoms with Crippen LogP contribution in [-0.4, -0.2) is 45.8 Å². The van der Waals surface area contributed by atoms with Crippen LogP contribution in [0.4, 0.5) is 0 Å². The highest BCUT2D eigenvalue weighted by atomic mass is 35.5. The second kappa shape index (κ2) is 7.61. The van der Waals surface area contributed by atoms with Crippen molar-refractivity contribution in [2.75, 3.05) is 13.1 Å². The molecule has 0 aromatic carbocycles. The van der Waals surface area contributed by atoms with Gasteiger partial charge in [-0.1, -0.05) is 0 Å². The molecule has 1 fully saturated rings. The summed E-state index contributed by atoms with van der Waals surface area (Å²) >= 11 is 0.